The molecule has 0 aromatic heterocycles. The van der Waals surface area contributed by atoms with E-state index in [2.05, 4.69) is 20.9 Å². The number of methoxy groups -OCH3 is 1. The van der Waals surface area contributed by atoms with Crippen LogP contribution in [0.2, 0.25) is 0 Å². The van der Waals surface area contributed by atoms with Crippen LogP contribution in [0.4, 0.5) is 5.69 Å². The molecule has 2 aromatic carbocycles. The van der Waals surface area contributed by atoms with Gasteiger partial charge in [0.05, 0.1) is 22.1 Å². The van der Waals surface area contributed by atoms with Crippen LogP contribution in [0.5, 0.6) is 11.5 Å². The van der Waals surface area contributed by atoms with E-state index < -0.39 is 10.8 Å². The van der Waals surface area contributed by atoms with Crippen molar-refractivity contribution < 1.29 is 24.0 Å². The van der Waals surface area contributed by atoms with Gasteiger partial charge < -0.3 is 14.3 Å². The summed E-state index contributed by atoms with van der Waals surface area (Å²) in [5.74, 6) is 0.957. The van der Waals surface area contributed by atoms with Crippen molar-refractivity contribution in [3.05, 3.63) is 79.5 Å². The van der Waals surface area contributed by atoms with Gasteiger partial charge in [0, 0.05) is 18.2 Å². The van der Waals surface area contributed by atoms with Gasteiger partial charge in [-0.25, -0.2) is 0 Å². The van der Waals surface area contributed by atoms with Crippen molar-refractivity contribution >= 4 is 45.3 Å². The van der Waals surface area contributed by atoms with E-state index >= 15 is 0 Å². The van der Waals surface area contributed by atoms with Crippen molar-refractivity contribution in [1.29, 1.82) is 5.41 Å². The number of hydrogen-bond acceptors (Lipinski definition) is 7. The van der Waals surface area contributed by atoms with E-state index in [1.54, 1.807) is 37.3 Å². The highest BCUT2D eigenvalue weighted by molar-refractivity contribution is 9.10. The summed E-state index contributed by atoms with van der Waals surface area (Å²) >= 11 is 3.46. The first kappa shape index (κ1) is 22.2. The number of benzene rings is 2. The predicted octanol–water partition coefficient (Wildman–Crippen LogP) is 4.40. The molecule has 2 heterocycles. The average Bonchev–Trinajstić information content (AvgIpc) is 3.16. The zero-order valence-electron chi connectivity index (χ0n) is 17.5. The standard InChI is InChI=1S/C22H17BrN4O6/c1-12-7-19-25-22(28)16(21(24)26(19)33-12)8-14-9-17(23)20(18(10-14)31-2)32-11-13-3-5-15(6-4-13)27(29)30/h3-10,24H,11H2,1-2H3/b16-8+,24-21?. The minimum Gasteiger partial charge on any atom is -0.493 e. The molecule has 168 valence electrons. The van der Waals surface area contributed by atoms with Gasteiger partial charge in [-0.3, -0.25) is 20.3 Å². The summed E-state index contributed by atoms with van der Waals surface area (Å²) in [5, 5.41) is 20.3. The molecule has 11 heteroatoms. The second-order valence-corrected chi connectivity index (χ2v) is 7.92. The molecule has 0 fully saturated rings. The lowest BCUT2D eigenvalue weighted by Gasteiger charge is -2.23. The molecule has 2 aliphatic heterocycles. The molecule has 1 N–H and O–H groups in total. The summed E-state index contributed by atoms with van der Waals surface area (Å²) in [4.78, 5) is 32.2. The monoisotopic (exact) mass is 512 g/mol. The van der Waals surface area contributed by atoms with Gasteiger partial charge >= 0.3 is 0 Å². The molecule has 0 saturated heterocycles. The number of nitro groups is 1. The lowest BCUT2D eigenvalue weighted by Crippen LogP contribution is -2.38. The molecule has 2 aromatic rings. The van der Waals surface area contributed by atoms with Crippen molar-refractivity contribution in [2.24, 2.45) is 4.99 Å². The van der Waals surface area contributed by atoms with E-state index in [4.69, 9.17) is 19.7 Å². The highest BCUT2D eigenvalue weighted by atomic mass is 79.9. The number of carbonyl (C=O) groups is 1. The lowest BCUT2D eigenvalue weighted by atomic mass is 10.1. The maximum Gasteiger partial charge on any atom is 0.282 e. The highest BCUT2D eigenvalue weighted by Gasteiger charge is 2.34. The number of halogens is 1. The van der Waals surface area contributed by atoms with Gasteiger partial charge in [-0.15, -0.1) is 5.06 Å². The molecule has 0 saturated carbocycles. The molecule has 0 atom stereocenters. The summed E-state index contributed by atoms with van der Waals surface area (Å²) in [5.41, 5.74) is 1.39. The summed E-state index contributed by atoms with van der Waals surface area (Å²) in [7, 11) is 1.48. The molecule has 33 heavy (non-hydrogen) atoms. The number of carbonyl (C=O) groups excluding carboxylic acids is 1. The first-order valence-electron chi connectivity index (χ1n) is 9.60. The lowest BCUT2D eigenvalue weighted by molar-refractivity contribution is -0.384. The van der Waals surface area contributed by atoms with Crippen LogP contribution >= 0.6 is 15.9 Å². The van der Waals surface area contributed by atoms with Gasteiger partial charge in [0.25, 0.3) is 11.6 Å². The number of rotatable bonds is 6. The Morgan fingerprint density at radius 2 is 2.03 bits per heavy atom. The van der Waals surface area contributed by atoms with Crippen LogP contribution in [0, 0.1) is 15.5 Å². The summed E-state index contributed by atoms with van der Waals surface area (Å²) in [6, 6.07) is 9.43. The molecule has 2 aliphatic rings. The Morgan fingerprint density at radius 3 is 2.70 bits per heavy atom. The van der Waals surface area contributed by atoms with Gasteiger partial charge in [-0.05, 0) is 64.3 Å². The van der Waals surface area contributed by atoms with Crippen LogP contribution in [0.15, 0.2) is 63.3 Å². The number of amides is 1. The zero-order valence-corrected chi connectivity index (χ0v) is 19.1. The second-order valence-electron chi connectivity index (χ2n) is 7.07. The Hall–Kier alpha value is -3.99. The van der Waals surface area contributed by atoms with Crippen LogP contribution in [0.3, 0.4) is 0 Å². The van der Waals surface area contributed by atoms with Crippen molar-refractivity contribution in [3.63, 3.8) is 0 Å². The number of ether oxygens (including phenoxy) is 2. The minimum absolute atomic E-state index is 0.000503. The number of hydrogen-bond donors (Lipinski definition) is 1. The molecule has 0 bridgehead atoms. The van der Waals surface area contributed by atoms with E-state index in [0.29, 0.717) is 27.3 Å². The normalized spacial score (nSPS) is 16.2. The first-order chi connectivity index (χ1) is 15.8. The largest absolute Gasteiger partial charge is 0.493 e. The van der Waals surface area contributed by atoms with Gasteiger partial charge in [0.2, 0.25) is 0 Å². The van der Waals surface area contributed by atoms with E-state index in [-0.39, 0.29) is 29.5 Å². The molecule has 4 rings (SSSR count). The van der Waals surface area contributed by atoms with Crippen LogP contribution in [0.25, 0.3) is 6.08 Å². The van der Waals surface area contributed by atoms with Crippen LogP contribution in [0.1, 0.15) is 18.1 Å². The number of nitro benzene ring substituents is 1. The van der Waals surface area contributed by atoms with Crippen LogP contribution in [-0.4, -0.2) is 34.7 Å². The number of hydroxylamine groups is 2. The molecule has 0 radical (unpaired) electrons. The smallest absolute Gasteiger partial charge is 0.282 e. The van der Waals surface area contributed by atoms with Crippen molar-refractivity contribution in [3.8, 4) is 11.5 Å². The molecule has 1 amide bonds. The number of aliphatic imine (C=N–C) groups is 1. The fourth-order valence-electron chi connectivity index (χ4n) is 3.20. The number of allylic oxidation sites excluding steroid dienone is 1. The van der Waals surface area contributed by atoms with E-state index in [0.717, 1.165) is 5.56 Å². The Bertz CT molecular complexity index is 1270. The Balaban J connectivity index is 1.57. The minimum atomic E-state index is -0.547. The number of nitrogens with zero attached hydrogens (tertiary/aromatic N) is 3. The van der Waals surface area contributed by atoms with E-state index in [1.807, 2.05) is 0 Å². The Kier molecular flexibility index (Phi) is 5.97. The van der Waals surface area contributed by atoms with E-state index in [1.165, 1.54) is 30.4 Å². The van der Waals surface area contributed by atoms with Crippen molar-refractivity contribution in [2.75, 3.05) is 7.11 Å². The second kappa shape index (κ2) is 8.87. The third-order valence-electron chi connectivity index (χ3n) is 4.77. The first-order valence-corrected chi connectivity index (χ1v) is 10.4. The highest BCUT2D eigenvalue weighted by Crippen LogP contribution is 2.38. The number of non-ortho nitro benzene ring substituents is 1. The predicted molar refractivity (Wildman–Crippen MR) is 123 cm³/mol. The Labute approximate surface area is 196 Å². The van der Waals surface area contributed by atoms with Gasteiger partial charge in [0.1, 0.15) is 12.4 Å². The quantitative estimate of drug-likeness (QED) is 0.345. The van der Waals surface area contributed by atoms with Gasteiger partial charge in [-0.2, -0.15) is 4.99 Å². The van der Waals surface area contributed by atoms with Crippen LogP contribution < -0.4 is 9.47 Å². The van der Waals surface area contributed by atoms with E-state index in [9.17, 15) is 14.9 Å². The maximum absolute atomic E-state index is 12.5. The third kappa shape index (κ3) is 4.48. The summed E-state index contributed by atoms with van der Waals surface area (Å²) in [6.45, 7) is 1.87. The zero-order chi connectivity index (χ0) is 23.7. The molecule has 10 nitrogen and oxygen atoms in total. The molecule has 0 unspecified atom stereocenters. The number of amidine groups is 2. The molecular formula is C22H17BrN4O6. The molecule has 0 aliphatic carbocycles. The summed E-state index contributed by atoms with van der Waals surface area (Å²) in [6.07, 6.45) is 3.11. The SMILES string of the molecule is COc1cc(/C=C2\C(=N)N3OC(C)=CC3=NC2=O)cc(Br)c1OCc1ccc([N+](=O)[O-])cc1. The molecular weight excluding hydrogens is 496 g/mol. The summed E-state index contributed by atoms with van der Waals surface area (Å²) < 4.78 is 11.9. The van der Waals surface area contributed by atoms with Crippen molar-refractivity contribution in [1.82, 2.24) is 5.06 Å². The van der Waals surface area contributed by atoms with Crippen molar-refractivity contribution in [2.45, 2.75) is 13.5 Å². The fourth-order valence-corrected chi connectivity index (χ4v) is 3.77. The average molecular weight is 513 g/mol. The van der Waals surface area contributed by atoms with Crippen LogP contribution in [-0.2, 0) is 16.2 Å². The number of nitrogens with one attached hydrogen (secondary N) is 1. The third-order valence-corrected chi connectivity index (χ3v) is 5.36. The topological polar surface area (TPSA) is 127 Å². The van der Waals surface area contributed by atoms with Gasteiger partial charge in [-0.1, -0.05) is 0 Å². The fraction of sp³-hybridized carbons (Fsp3) is 0.136. The Morgan fingerprint density at radius 1 is 1.30 bits per heavy atom. The van der Waals surface area contributed by atoms with Gasteiger partial charge in [0.15, 0.2) is 23.2 Å². The maximum atomic E-state index is 12.5. The number of fused-ring (bicyclic) bond motifs is 1. The molecule has 0 spiro atoms.